The first-order chi connectivity index (χ1) is 5.58. The monoisotopic (exact) mass is 191 g/mol. The minimum Gasteiger partial charge on any atom is -0.286 e. The Morgan fingerprint density at radius 2 is 2.25 bits per heavy atom. The first kappa shape index (κ1) is 9.21. The van der Waals surface area contributed by atoms with E-state index in [4.69, 9.17) is 4.55 Å². The van der Waals surface area contributed by atoms with Crippen molar-refractivity contribution in [2.24, 2.45) is 0 Å². The van der Waals surface area contributed by atoms with Gasteiger partial charge in [-0.25, -0.2) is 0 Å². The highest BCUT2D eigenvalue weighted by Crippen LogP contribution is 1.87. The van der Waals surface area contributed by atoms with E-state index in [1.165, 1.54) is 0 Å². The van der Waals surface area contributed by atoms with Gasteiger partial charge < -0.3 is 0 Å². The summed E-state index contributed by atoms with van der Waals surface area (Å²) in [5, 5.41) is 2.86. The third-order valence-corrected chi connectivity index (χ3v) is 2.21. The molecule has 1 aromatic rings. The topological polar surface area (TPSA) is 74.0 Å². The second-order valence-corrected chi connectivity index (χ2v) is 4.04. The van der Waals surface area contributed by atoms with E-state index in [2.05, 4.69) is 5.10 Å². The zero-order chi connectivity index (χ0) is 9.03. The van der Waals surface area contributed by atoms with Crippen LogP contribution in [0.25, 0.3) is 0 Å². The summed E-state index contributed by atoms with van der Waals surface area (Å²) in [5.74, 6) is -0.195. The Balaban J connectivity index is 2.29. The number of nitrogens with zero attached hydrogens (tertiary/aromatic N) is 1. The lowest BCUT2D eigenvalue weighted by Crippen LogP contribution is -2.35. The molecule has 0 unspecified atom stereocenters. The third kappa shape index (κ3) is 3.49. The summed E-state index contributed by atoms with van der Waals surface area (Å²) in [6.45, 7) is 0.562. The van der Waals surface area contributed by atoms with Crippen molar-refractivity contribution in [1.29, 1.82) is 0 Å². The van der Waals surface area contributed by atoms with Gasteiger partial charge in [0.15, 0.2) is 12.7 Å². The predicted molar refractivity (Wildman–Crippen MR) is 42.0 cm³/mol. The molecule has 1 rings (SSSR count). The normalized spacial score (nSPS) is 11.8. The van der Waals surface area contributed by atoms with E-state index >= 15 is 0 Å². The number of hydrogen-bond donors (Lipinski definition) is 2. The SMILES string of the molecule is O=S(=O)(O)CCC[n+]1ccc[nH]1. The molecule has 0 radical (unpaired) electrons. The largest absolute Gasteiger partial charge is 0.286 e. The molecular formula is C6H11N2O3S+. The first-order valence-electron chi connectivity index (χ1n) is 3.56. The maximum absolute atomic E-state index is 10.3. The fourth-order valence-electron chi connectivity index (χ4n) is 0.885. The van der Waals surface area contributed by atoms with Gasteiger partial charge in [-0.05, 0) is 0 Å². The van der Waals surface area contributed by atoms with Crippen molar-refractivity contribution in [3.63, 3.8) is 0 Å². The Morgan fingerprint density at radius 1 is 1.50 bits per heavy atom. The summed E-state index contributed by atoms with van der Waals surface area (Å²) >= 11 is 0. The van der Waals surface area contributed by atoms with Gasteiger partial charge in [0.05, 0.1) is 11.9 Å². The standard InChI is InChI=1S/C6H10N2O3S/c9-12(10,11)6-2-5-8-4-1-3-7-8/h1,3-4H,2,5-6H2,(H,9,10,11)/p+1. The molecule has 0 saturated carbocycles. The van der Waals surface area contributed by atoms with Gasteiger partial charge in [0, 0.05) is 12.5 Å². The average molecular weight is 191 g/mol. The minimum atomic E-state index is -3.80. The molecule has 0 aliphatic rings. The van der Waals surface area contributed by atoms with E-state index < -0.39 is 10.1 Å². The number of aryl methyl sites for hydroxylation is 1. The maximum Gasteiger partial charge on any atom is 0.265 e. The van der Waals surface area contributed by atoms with Crippen LogP contribution in [0, 0.1) is 0 Å². The molecule has 12 heavy (non-hydrogen) atoms. The molecule has 1 heterocycles. The number of hydrogen-bond acceptors (Lipinski definition) is 2. The van der Waals surface area contributed by atoms with Crippen molar-refractivity contribution < 1.29 is 17.7 Å². The molecule has 0 aliphatic carbocycles. The van der Waals surface area contributed by atoms with Crippen LogP contribution < -0.4 is 4.68 Å². The zero-order valence-corrected chi connectivity index (χ0v) is 7.29. The van der Waals surface area contributed by atoms with Gasteiger partial charge in [0.2, 0.25) is 0 Å². The van der Waals surface area contributed by atoms with Gasteiger partial charge in [-0.15, -0.1) is 4.68 Å². The van der Waals surface area contributed by atoms with E-state index in [1.54, 1.807) is 17.1 Å². The van der Waals surface area contributed by atoms with E-state index in [9.17, 15) is 8.42 Å². The molecule has 0 amide bonds. The zero-order valence-electron chi connectivity index (χ0n) is 6.47. The molecule has 1 aromatic heterocycles. The number of rotatable bonds is 4. The van der Waals surface area contributed by atoms with Crippen molar-refractivity contribution in [3.8, 4) is 0 Å². The maximum atomic E-state index is 10.3. The summed E-state index contributed by atoms with van der Waals surface area (Å²) in [6.07, 6.45) is 3.95. The van der Waals surface area contributed by atoms with Crippen LogP contribution in [-0.2, 0) is 16.7 Å². The summed E-state index contributed by atoms with van der Waals surface area (Å²) in [5.41, 5.74) is 0. The van der Waals surface area contributed by atoms with E-state index in [0.717, 1.165) is 0 Å². The van der Waals surface area contributed by atoms with Gasteiger partial charge in [-0.3, -0.25) is 4.55 Å². The van der Waals surface area contributed by atoms with Crippen LogP contribution in [0.15, 0.2) is 18.5 Å². The molecule has 0 bridgehead atoms. The second kappa shape index (κ2) is 3.68. The average Bonchev–Trinajstić information content (AvgIpc) is 2.36. The van der Waals surface area contributed by atoms with Crippen LogP contribution in [-0.4, -0.2) is 23.8 Å². The summed E-state index contributed by atoms with van der Waals surface area (Å²) < 4.78 is 30.7. The van der Waals surface area contributed by atoms with Crippen LogP contribution in [0.5, 0.6) is 0 Å². The van der Waals surface area contributed by atoms with Gasteiger partial charge in [-0.1, -0.05) is 0 Å². The Morgan fingerprint density at radius 3 is 2.75 bits per heavy atom. The predicted octanol–water partition coefficient (Wildman–Crippen LogP) is -0.420. The fraction of sp³-hybridized carbons (Fsp3) is 0.500. The lowest BCUT2D eigenvalue weighted by Gasteiger charge is -1.91. The molecule has 5 nitrogen and oxygen atoms in total. The van der Waals surface area contributed by atoms with Crippen molar-refractivity contribution >= 4 is 10.1 Å². The van der Waals surface area contributed by atoms with E-state index in [1.807, 2.05) is 6.07 Å². The molecule has 0 saturated heterocycles. The minimum absolute atomic E-state index is 0.195. The third-order valence-electron chi connectivity index (χ3n) is 1.40. The summed E-state index contributed by atoms with van der Waals surface area (Å²) in [4.78, 5) is 0. The Kier molecular flexibility index (Phi) is 2.83. The van der Waals surface area contributed by atoms with Gasteiger partial charge >= 0.3 is 0 Å². The molecule has 0 spiro atoms. The molecule has 6 heteroatoms. The Bertz CT molecular complexity index is 317. The van der Waals surface area contributed by atoms with Gasteiger partial charge in [-0.2, -0.15) is 13.5 Å². The molecule has 68 valence electrons. The van der Waals surface area contributed by atoms with Crippen molar-refractivity contribution in [2.75, 3.05) is 5.75 Å². The number of aromatic amines is 1. The molecule has 2 N–H and O–H groups in total. The number of H-pyrrole nitrogens is 1. The van der Waals surface area contributed by atoms with Crippen LogP contribution in [0.4, 0.5) is 0 Å². The Hall–Kier alpha value is -0.880. The van der Waals surface area contributed by atoms with Crippen molar-refractivity contribution in [2.45, 2.75) is 13.0 Å². The van der Waals surface area contributed by atoms with E-state index in [0.29, 0.717) is 13.0 Å². The van der Waals surface area contributed by atoms with Crippen LogP contribution in [0.2, 0.25) is 0 Å². The molecule has 0 aliphatic heterocycles. The van der Waals surface area contributed by atoms with Crippen molar-refractivity contribution in [3.05, 3.63) is 18.5 Å². The lowest BCUT2D eigenvalue weighted by molar-refractivity contribution is -0.749. The molecule has 0 aromatic carbocycles. The lowest BCUT2D eigenvalue weighted by atomic mass is 10.5. The Labute approximate surface area is 70.8 Å². The first-order valence-corrected chi connectivity index (χ1v) is 5.17. The smallest absolute Gasteiger partial charge is 0.265 e. The van der Waals surface area contributed by atoms with Gasteiger partial charge in [0.25, 0.3) is 10.1 Å². The quantitative estimate of drug-likeness (QED) is 0.501. The van der Waals surface area contributed by atoms with Crippen LogP contribution in [0.1, 0.15) is 6.42 Å². The molecule has 0 atom stereocenters. The fourth-order valence-corrected chi connectivity index (χ4v) is 1.38. The highest BCUT2D eigenvalue weighted by Gasteiger charge is 2.06. The molecule has 0 fully saturated rings. The molecular weight excluding hydrogens is 180 g/mol. The number of aromatic nitrogens is 2. The van der Waals surface area contributed by atoms with Crippen LogP contribution >= 0.6 is 0 Å². The summed E-state index contributed by atoms with van der Waals surface area (Å²) in [7, 11) is -3.80. The highest BCUT2D eigenvalue weighted by atomic mass is 32.2. The summed E-state index contributed by atoms with van der Waals surface area (Å²) in [6, 6.07) is 1.81. The van der Waals surface area contributed by atoms with Crippen molar-refractivity contribution in [1.82, 2.24) is 5.10 Å². The van der Waals surface area contributed by atoms with Crippen LogP contribution in [0.3, 0.4) is 0 Å². The number of nitrogens with one attached hydrogen (secondary N) is 1. The highest BCUT2D eigenvalue weighted by molar-refractivity contribution is 7.85. The second-order valence-electron chi connectivity index (χ2n) is 2.47. The van der Waals surface area contributed by atoms with E-state index in [-0.39, 0.29) is 5.75 Å². The van der Waals surface area contributed by atoms with Gasteiger partial charge in [0.1, 0.15) is 0 Å².